The number of halogens is 3. The smallest absolute Gasteiger partial charge is 0.406 e. The van der Waals surface area contributed by atoms with Crippen molar-refractivity contribution in [3.05, 3.63) is 60.3 Å². The molecule has 0 aliphatic carbocycles. The van der Waals surface area contributed by atoms with Gasteiger partial charge in [-0.1, -0.05) is 12.1 Å². The van der Waals surface area contributed by atoms with Crippen LogP contribution in [0.25, 0.3) is 17.0 Å². The van der Waals surface area contributed by atoms with Crippen LogP contribution in [0.1, 0.15) is 12.0 Å². The molecule has 0 spiro atoms. The number of fused-ring (bicyclic) bond motifs is 1. The van der Waals surface area contributed by atoms with E-state index < -0.39 is 6.36 Å². The second-order valence-electron chi connectivity index (χ2n) is 8.03. The van der Waals surface area contributed by atoms with E-state index in [0.29, 0.717) is 17.2 Å². The lowest BCUT2D eigenvalue weighted by Crippen LogP contribution is -2.30. The molecule has 10 heteroatoms. The average Bonchev–Trinajstić information content (AvgIpc) is 3.02. The molecule has 7 nitrogen and oxygen atoms in total. The average molecular weight is 471 g/mol. The zero-order chi connectivity index (χ0) is 24.1. The van der Waals surface area contributed by atoms with Gasteiger partial charge in [-0.25, -0.2) is 9.97 Å². The van der Waals surface area contributed by atoms with E-state index in [1.54, 1.807) is 18.3 Å². The van der Waals surface area contributed by atoms with E-state index in [0.717, 1.165) is 43.5 Å². The van der Waals surface area contributed by atoms with E-state index >= 15 is 0 Å². The molecule has 1 fully saturated rings. The Balaban J connectivity index is 1.38. The van der Waals surface area contributed by atoms with Gasteiger partial charge in [-0.3, -0.25) is 4.79 Å². The molecule has 1 saturated heterocycles. The molecule has 0 bridgehead atoms. The van der Waals surface area contributed by atoms with E-state index in [9.17, 15) is 18.0 Å². The zero-order valence-corrected chi connectivity index (χ0v) is 18.5. The minimum absolute atomic E-state index is 0.321. The third kappa shape index (κ3) is 6.44. The number of likely N-dealkylation sites (N-methyl/N-ethyl adjacent to an activating group) is 1. The normalized spacial score (nSPS) is 15.5. The minimum atomic E-state index is -4.74. The van der Waals surface area contributed by atoms with Gasteiger partial charge in [0.15, 0.2) is 0 Å². The number of carbonyl (C=O) groups is 1. The molecule has 2 aromatic carbocycles. The summed E-state index contributed by atoms with van der Waals surface area (Å²) >= 11 is 0. The zero-order valence-electron chi connectivity index (χ0n) is 18.5. The van der Waals surface area contributed by atoms with Gasteiger partial charge in [-0.05, 0) is 62.0 Å². The maximum Gasteiger partial charge on any atom is 0.573 e. The summed E-state index contributed by atoms with van der Waals surface area (Å²) in [5.74, 6) is 0.00850. The summed E-state index contributed by atoms with van der Waals surface area (Å²) in [6.07, 6.45) is 0.874. The fourth-order valence-corrected chi connectivity index (χ4v) is 3.64. The van der Waals surface area contributed by atoms with Crippen LogP contribution in [0, 0.1) is 0 Å². The summed E-state index contributed by atoms with van der Waals surface area (Å²) < 4.78 is 40.5. The molecule has 34 heavy (non-hydrogen) atoms. The van der Waals surface area contributed by atoms with E-state index in [1.165, 1.54) is 36.4 Å². The van der Waals surface area contributed by atoms with Gasteiger partial charge in [-0.2, -0.15) is 0 Å². The number of anilines is 2. The second-order valence-corrected chi connectivity index (χ2v) is 8.03. The Hall–Kier alpha value is -3.66. The van der Waals surface area contributed by atoms with Gasteiger partial charge in [-0.15, -0.1) is 13.2 Å². The Morgan fingerprint density at radius 2 is 1.88 bits per heavy atom. The molecule has 1 N–H and O–H groups in total. The molecular formula is C24H24F3N5O2. The molecule has 0 saturated carbocycles. The molecule has 2 heterocycles. The number of carbonyl (C=O) groups excluding carboxylic acids is 1. The maximum absolute atomic E-state index is 12.3. The van der Waals surface area contributed by atoms with Gasteiger partial charge in [0, 0.05) is 43.0 Å². The summed E-state index contributed by atoms with van der Waals surface area (Å²) in [6.45, 7) is 3.81. The molecule has 0 atom stereocenters. The number of aromatic nitrogens is 2. The lowest BCUT2D eigenvalue weighted by Gasteiger charge is -2.20. The van der Waals surface area contributed by atoms with E-state index in [-0.39, 0.29) is 11.7 Å². The summed E-state index contributed by atoms with van der Waals surface area (Å²) in [4.78, 5) is 26.0. The van der Waals surface area contributed by atoms with E-state index in [4.69, 9.17) is 0 Å². The number of hydrogen-bond acceptors (Lipinski definition) is 6. The van der Waals surface area contributed by atoms with Gasteiger partial charge in [0.05, 0.1) is 5.52 Å². The molecule has 178 valence electrons. The SMILES string of the molecule is CN1CCCN(c2ncc3cc(NC(=O)/C=C/c4ccc(OC(F)(F)F)cc4)ccc3n2)CC1. The predicted molar refractivity (Wildman–Crippen MR) is 125 cm³/mol. The lowest BCUT2D eigenvalue weighted by molar-refractivity contribution is -0.274. The number of ether oxygens (including phenoxy) is 1. The quantitative estimate of drug-likeness (QED) is 0.559. The van der Waals surface area contributed by atoms with Crippen molar-refractivity contribution in [1.82, 2.24) is 14.9 Å². The largest absolute Gasteiger partial charge is 0.573 e. The predicted octanol–water partition coefficient (Wildman–Crippen LogP) is 4.32. The Kier molecular flexibility index (Phi) is 6.97. The van der Waals surface area contributed by atoms with Gasteiger partial charge >= 0.3 is 6.36 Å². The van der Waals surface area contributed by atoms with Crippen molar-refractivity contribution < 1.29 is 22.7 Å². The summed E-state index contributed by atoms with van der Waals surface area (Å²) in [7, 11) is 2.11. The van der Waals surface area contributed by atoms with Crippen LogP contribution in [0.2, 0.25) is 0 Å². The van der Waals surface area contributed by atoms with Crippen molar-refractivity contribution >= 4 is 34.5 Å². The van der Waals surface area contributed by atoms with Crippen molar-refractivity contribution in [2.75, 3.05) is 43.4 Å². The van der Waals surface area contributed by atoms with Crippen molar-refractivity contribution in [2.24, 2.45) is 0 Å². The molecule has 0 radical (unpaired) electrons. The number of nitrogens with zero attached hydrogens (tertiary/aromatic N) is 4. The van der Waals surface area contributed by atoms with E-state index in [2.05, 4.69) is 36.9 Å². The molecule has 1 aromatic heterocycles. The number of amides is 1. The monoisotopic (exact) mass is 471 g/mol. The van der Waals surface area contributed by atoms with Crippen LogP contribution in [-0.2, 0) is 4.79 Å². The molecule has 4 rings (SSSR count). The second kappa shape index (κ2) is 10.1. The van der Waals surface area contributed by atoms with Crippen molar-refractivity contribution in [3.63, 3.8) is 0 Å². The van der Waals surface area contributed by atoms with Gasteiger partial charge < -0.3 is 19.9 Å². The fraction of sp³-hybridized carbons (Fsp3) is 0.292. The van der Waals surface area contributed by atoms with Gasteiger partial charge in [0.2, 0.25) is 11.9 Å². The third-order valence-corrected chi connectivity index (χ3v) is 5.38. The minimum Gasteiger partial charge on any atom is -0.406 e. The number of nitrogens with one attached hydrogen (secondary N) is 1. The number of hydrogen-bond donors (Lipinski definition) is 1. The third-order valence-electron chi connectivity index (χ3n) is 5.38. The van der Waals surface area contributed by atoms with Crippen molar-refractivity contribution in [1.29, 1.82) is 0 Å². The number of benzene rings is 2. The Labute approximate surface area is 194 Å². The van der Waals surface area contributed by atoms with Gasteiger partial charge in [0.25, 0.3) is 0 Å². The Bertz CT molecular complexity index is 1180. The van der Waals surface area contributed by atoms with Crippen molar-refractivity contribution in [3.8, 4) is 5.75 Å². The van der Waals surface area contributed by atoms with Crippen LogP contribution in [0.15, 0.2) is 54.7 Å². The highest BCUT2D eigenvalue weighted by Crippen LogP contribution is 2.23. The number of rotatable bonds is 5. The van der Waals surface area contributed by atoms with Crippen LogP contribution in [0.5, 0.6) is 5.75 Å². The molecule has 1 aliphatic heterocycles. The topological polar surface area (TPSA) is 70.6 Å². The van der Waals surface area contributed by atoms with Crippen LogP contribution in [0.3, 0.4) is 0 Å². The Morgan fingerprint density at radius 1 is 1.09 bits per heavy atom. The van der Waals surface area contributed by atoms with Crippen LogP contribution < -0.4 is 15.0 Å². The molecule has 1 amide bonds. The summed E-state index contributed by atoms with van der Waals surface area (Å²) in [5, 5.41) is 3.57. The fourth-order valence-electron chi connectivity index (χ4n) is 3.64. The highest BCUT2D eigenvalue weighted by Gasteiger charge is 2.30. The highest BCUT2D eigenvalue weighted by molar-refractivity contribution is 6.02. The van der Waals surface area contributed by atoms with Crippen LogP contribution in [-0.4, -0.2) is 60.4 Å². The summed E-state index contributed by atoms with van der Waals surface area (Å²) in [6, 6.07) is 10.6. The first-order valence-electron chi connectivity index (χ1n) is 10.8. The van der Waals surface area contributed by atoms with E-state index in [1.807, 2.05) is 6.07 Å². The molecular weight excluding hydrogens is 447 g/mol. The standard InChI is InChI=1S/C24H24F3N5O2/c1-31-11-2-12-32(14-13-31)23-28-16-18-15-19(6-9-21(18)30-23)29-22(33)10-5-17-3-7-20(8-4-17)34-24(25,26)27/h3-10,15-16H,2,11-14H2,1H3,(H,29,33)/b10-5+. The molecule has 3 aromatic rings. The van der Waals surface area contributed by atoms with Crippen LogP contribution >= 0.6 is 0 Å². The first-order valence-corrected chi connectivity index (χ1v) is 10.8. The number of alkyl halides is 3. The highest BCUT2D eigenvalue weighted by atomic mass is 19.4. The van der Waals surface area contributed by atoms with Crippen LogP contribution in [0.4, 0.5) is 24.8 Å². The first-order chi connectivity index (χ1) is 16.2. The van der Waals surface area contributed by atoms with Gasteiger partial charge in [0.1, 0.15) is 5.75 Å². The van der Waals surface area contributed by atoms with Crippen molar-refractivity contribution in [2.45, 2.75) is 12.8 Å². The maximum atomic E-state index is 12.3. The Morgan fingerprint density at radius 3 is 2.65 bits per heavy atom. The molecule has 1 aliphatic rings. The summed E-state index contributed by atoms with van der Waals surface area (Å²) in [5.41, 5.74) is 1.94. The first kappa shape index (κ1) is 23.5. The molecule has 0 unspecified atom stereocenters. The lowest BCUT2D eigenvalue weighted by atomic mass is 10.2.